The molecule has 1 aliphatic carbocycles. The fourth-order valence-electron chi connectivity index (χ4n) is 2.83. The van der Waals surface area contributed by atoms with Crippen molar-refractivity contribution in [1.29, 1.82) is 0 Å². The Kier molecular flexibility index (Phi) is 4.35. The topological polar surface area (TPSA) is 51.1 Å². The Morgan fingerprint density at radius 2 is 2.09 bits per heavy atom. The minimum atomic E-state index is 0.537. The lowest BCUT2D eigenvalue weighted by molar-refractivity contribution is 0.216. The molecule has 1 saturated carbocycles. The molecule has 1 saturated heterocycles. The lowest BCUT2D eigenvalue weighted by Gasteiger charge is -2.31. The van der Waals surface area contributed by atoms with Crippen molar-refractivity contribution in [2.24, 2.45) is 5.92 Å². The number of piperidine rings is 1. The molecule has 2 aliphatic rings. The number of aromatic nitrogens is 3. The molecule has 0 N–H and O–H groups in total. The molecule has 7 heteroatoms. The van der Waals surface area contributed by atoms with Gasteiger partial charge in [0.25, 0.3) is 0 Å². The lowest BCUT2D eigenvalue weighted by Crippen LogP contribution is -2.35. The van der Waals surface area contributed by atoms with Gasteiger partial charge in [-0.25, -0.2) is 9.97 Å². The fourth-order valence-corrected chi connectivity index (χ4v) is 3.80. The molecule has 122 valence electrons. The second kappa shape index (κ2) is 6.61. The molecule has 5 nitrogen and oxygen atoms in total. The van der Waals surface area contributed by atoms with Crippen molar-refractivity contribution in [3.63, 3.8) is 0 Å². The minimum Gasteiger partial charge on any atom is -0.476 e. The first-order valence-corrected chi connectivity index (χ1v) is 9.26. The summed E-state index contributed by atoms with van der Waals surface area (Å²) in [6.07, 6.45) is 6.42. The van der Waals surface area contributed by atoms with Gasteiger partial charge >= 0.3 is 0 Å². The largest absolute Gasteiger partial charge is 0.476 e. The van der Waals surface area contributed by atoms with E-state index in [2.05, 4.69) is 14.3 Å². The van der Waals surface area contributed by atoms with Gasteiger partial charge in [0.05, 0.1) is 6.61 Å². The summed E-state index contributed by atoms with van der Waals surface area (Å²) in [6.45, 7) is 2.71. The molecule has 2 aromatic heterocycles. The van der Waals surface area contributed by atoms with Crippen LogP contribution in [0.15, 0.2) is 18.3 Å². The molecule has 2 fully saturated rings. The summed E-state index contributed by atoms with van der Waals surface area (Å²) in [7, 11) is 0. The summed E-state index contributed by atoms with van der Waals surface area (Å²) >= 11 is 7.61. The molecule has 0 spiro atoms. The van der Waals surface area contributed by atoms with E-state index < -0.39 is 0 Å². The van der Waals surface area contributed by atoms with Crippen LogP contribution in [-0.2, 0) is 0 Å². The van der Waals surface area contributed by atoms with Gasteiger partial charge in [0.15, 0.2) is 0 Å². The second-order valence-electron chi connectivity index (χ2n) is 6.24. The Balaban J connectivity index is 1.28. The van der Waals surface area contributed by atoms with Gasteiger partial charge in [-0.2, -0.15) is 4.37 Å². The average Bonchev–Trinajstić information content (AvgIpc) is 3.32. The molecule has 1 aliphatic heterocycles. The Labute approximate surface area is 144 Å². The van der Waals surface area contributed by atoms with E-state index in [-0.39, 0.29) is 0 Å². The second-order valence-corrected chi connectivity index (χ2v) is 7.38. The highest BCUT2D eigenvalue weighted by atomic mass is 35.5. The van der Waals surface area contributed by atoms with E-state index in [0.717, 1.165) is 36.9 Å². The zero-order valence-corrected chi connectivity index (χ0v) is 14.4. The van der Waals surface area contributed by atoms with Gasteiger partial charge in [0.2, 0.25) is 11.0 Å². The summed E-state index contributed by atoms with van der Waals surface area (Å²) < 4.78 is 10.3. The number of pyridine rings is 1. The van der Waals surface area contributed by atoms with E-state index in [4.69, 9.17) is 21.3 Å². The fraction of sp³-hybridized carbons (Fsp3) is 0.562. The molecular weight excluding hydrogens is 332 g/mol. The van der Waals surface area contributed by atoms with E-state index >= 15 is 0 Å². The van der Waals surface area contributed by atoms with Crippen molar-refractivity contribution in [2.45, 2.75) is 31.6 Å². The van der Waals surface area contributed by atoms with Crippen molar-refractivity contribution >= 4 is 28.3 Å². The van der Waals surface area contributed by atoms with E-state index in [0.29, 0.717) is 29.3 Å². The molecule has 0 unspecified atom stereocenters. The first-order valence-electron chi connectivity index (χ1n) is 8.11. The average molecular weight is 351 g/mol. The van der Waals surface area contributed by atoms with Crippen LogP contribution in [0.25, 0.3) is 0 Å². The highest BCUT2D eigenvalue weighted by Crippen LogP contribution is 2.40. The smallest absolute Gasteiger partial charge is 0.232 e. The highest BCUT2D eigenvalue weighted by Gasteiger charge is 2.29. The van der Waals surface area contributed by atoms with Crippen LogP contribution < -0.4 is 9.64 Å². The third-order valence-electron chi connectivity index (χ3n) is 4.44. The van der Waals surface area contributed by atoms with Crippen molar-refractivity contribution in [2.75, 3.05) is 24.6 Å². The molecule has 4 rings (SSSR count). The van der Waals surface area contributed by atoms with Crippen LogP contribution in [0, 0.1) is 5.92 Å². The molecule has 3 heterocycles. The number of hydrogen-bond donors (Lipinski definition) is 0. The molecule has 0 amide bonds. The van der Waals surface area contributed by atoms with Gasteiger partial charge in [-0.3, -0.25) is 0 Å². The SMILES string of the molecule is Clc1cccnc1OCC1CCN(c2nc(C3CC3)ns2)CC1. The number of halogens is 1. The van der Waals surface area contributed by atoms with Gasteiger partial charge in [-0.05, 0) is 43.7 Å². The summed E-state index contributed by atoms with van der Waals surface area (Å²) in [5.41, 5.74) is 0. The molecule has 0 aromatic carbocycles. The van der Waals surface area contributed by atoms with Gasteiger partial charge in [0.1, 0.15) is 10.8 Å². The van der Waals surface area contributed by atoms with E-state index in [9.17, 15) is 0 Å². The molecule has 0 radical (unpaired) electrons. The maximum absolute atomic E-state index is 6.07. The number of ether oxygens (including phenoxy) is 1. The van der Waals surface area contributed by atoms with Crippen molar-refractivity contribution in [3.8, 4) is 5.88 Å². The quantitative estimate of drug-likeness (QED) is 0.821. The summed E-state index contributed by atoms with van der Waals surface area (Å²) in [6, 6.07) is 3.62. The standard InChI is InChI=1S/C16H19ClN4OS/c17-13-2-1-7-18-15(13)22-10-11-5-8-21(9-6-11)16-19-14(20-23-16)12-3-4-12/h1-2,7,11-12H,3-6,8-10H2. The summed E-state index contributed by atoms with van der Waals surface area (Å²) in [4.78, 5) is 11.2. The predicted molar refractivity (Wildman–Crippen MR) is 91.6 cm³/mol. The maximum atomic E-state index is 6.07. The number of hydrogen-bond acceptors (Lipinski definition) is 6. The Hall–Kier alpha value is -1.40. The molecule has 0 atom stereocenters. The Morgan fingerprint density at radius 3 is 2.83 bits per heavy atom. The maximum Gasteiger partial charge on any atom is 0.232 e. The van der Waals surface area contributed by atoms with Crippen LogP contribution in [0.3, 0.4) is 0 Å². The van der Waals surface area contributed by atoms with Gasteiger partial charge in [0, 0.05) is 36.7 Å². The minimum absolute atomic E-state index is 0.537. The van der Waals surface area contributed by atoms with Crippen molar-refractivity contribution in [1.82, 2.24) is 14.3 Å². The predicted octanol–water partition coefficient (Wildman–Crippen LogP) is 3.76. The van der Waals surface area contributed by atoms with Crippen molar-refractivity contribution < 1.29 is 4.74 Å². The van der Waals surface area contributed by atoms with Crippen LogP contribution >= 0.6 is 23.1 Å². The molecule has 23 heavy (non-hydrogen) atoms. The number of anilines is 1. The molecule has 2 aromatic rings. The van der Waals surface area contributed by atoms with Crippen LogP contribution in [0.5, 0.6) is 5.88 Å². The number of rotatable bonds is 5. The molecular formula is C16H19ClN4OS. The first-order chi connectivity index (χ1) is 11.3. The van der Waals surface area contributed by atoms with Gasteiger partial charge < -0.3 is 9.64 Å². The number of nitrogens with zero attached hydrogens (tertiary/aromatic N) is 4. The van der Waals surface area contributed by atoms with E-state index in [1.165, 1.54) is 12.8 Å². The summed E-state index contributed by atoms with van der Waals surface area (Å²) in [5, 5.41) is 1.66. The van der Waals surface area contributed by atoms with Crippen LogP contribution in [-0.4, -0.2) is 34.0 Å². The molecule has 0 bridgehead atoms. The lowest BCUT2D eigenvalue weighted by atomic mass is 9.98. The van der Waals surface area contributed by atoms with Crippen LogP contribution in [0.1, 0.15) is 37.4 Å². The van der Waals surface area contributed by atoms with E-state index in [1.54, 1.807) is 23.8 Å². The Bertz CT molecular complexity index is 668. The van der Waals surface area contributed by atoms with Crippen molar-refractivity contribution in [3.05, 3.63) is 29.2 Å². The zero-order chi connectivity index (χ0) is 15.6. The van der Waals surface area contributed by atoms with Gasteiger partial charge in [-0.15, -0.1) is 0 Å². The monoisotopic (exact) mass is 350 g/mol. The van der Waals surface area contributed by atoms with E-state index in [1.807, 2.05) is 6.07 Å². The summed E-state index contributed by atoms with van der Waals surface area (Å²) in [5.74, 6) is 2.77. The normalized spacial score (nSPS) is 19.1. The first kappa shape index (κ1) is 15.1. The third-order valence-corrected chi connectivity index (χ3v) is 5.52. The zero-order valence-electron chi connectivity index (χ0n) is 12.8. The van der Waals surface area contributed by atoms with Crippen LogP contribution in [0.4, 0.5) is 5.13 Å². The highest BCUT2D eigenvalue weighted by molar-refractivity contribution is 7.09. The van der Waals surface area contributed by atoms with Crippen LogP contribution in [0.2, 0.25) is 5.02 Å². The Morgan fingerprint density at radius 1 is 1.26 bits per heavy atom. The third kappa shape index (κ3) is 3.58. The van der Waals surface area contributed by atoms with Gasteiger partial charge in [-0.1, -0.05) is 11.6 Å².